The molecule has 3 rings (SSSR count). The normalized spacial score (nSPS) is 38.8. The fourth-order valence-electron chi connectivity index (χ4n) is 3.37. The minimum Gasteiger partial charge on any atom is -0.455 e. The van der Waals surface area contributed by atoms with Crippen molar-refractivity contribution in [3.63, 3.8) is 0 Å². The molecule has 8 atom stereocenters. The molecule has 0 aromatic heterocycles. The molecule has 1 aromatic carbocycles. The number of nitro benzene ring substituents is 1. The summed E-state index contributed by atoms with van der Waals surface area (Å²) in [6, 6.07) is 5.59. The molecule has 0 bridgehead atoms. The minimum atomic E-state index is -1.50. The summed E-state index contributed by atoms with van der Waals surface area (Å²) >= 11 is 0. The van der Waals surface area contributed by atoms with E-state index in [0.717, 1.165) is 0 Å². The first-order chi connectivity index (χ1) is 13.3. The number of aliphatic hydroxyl groups is 5. The van der Waals surface area contributed by atoms with Crippen molar-refractivity contribution in [2.45, 2.75) is 49.3 Å². The van der Waals surface area contributed by atoms with Crippen LogP contribution in [0.15, 0.2) is 24.3 Å². The Kier molecular flexibility index (Phi) is 6.45. The van der Waals surface area contributed by atoms with Crippen LogP contribution in [0.25, 0.3) is 0 Å². The molecule has 28 heavy (non-hydrogen) atoms. The van der Waals surface area contributed by atoms with Crippen molar-refractivity contribution in [3.8, 4) is 5.75 Å². The molecule has 156 valence electrons. The second-order valence-electron chi connectivity index (χ2n) is 6.94. The average Bonchev–Trinajstić information content (AvgIpc) is 2.68. The molecular weight excluding hydrogens is 378 g/mol. The Morgan fingerprint density at radius 3 is 2.43 bits per heavy atom. The van der Waals surface area contributed by atoms with E-state index in [1.807, 2.05) is 0 Å². The third-order valence-corrected chi connectivity index (χ3v) is 5.03. The number of aliphatic hydroxyl groups excluding tert-OH is 5. The van der Waals surface area contributed by atoms with E-state index in [1.54, 1.807) is 0 Å². The molecule has 0 aliphatic carbocycles. The Hall–Kier alpha value is -1.86. The van der Waals surface area contributed by atoms with Crippen LogP contribution in [0.5, 0.6) is 5.75 Å². The Labute approximate surface area is 159 Å². The molecule has 2 aliphatic heterocycles. The molecule has 0 spiro atoms. The number of rotatable bonds is 5. The van der Waals surface area contributed by atoms with Gasteiger partial charge in [0.25, 0.3) is 0 Å². The lowest BCUT2D eigenvalue weighted by Gasteiger charge is -2.41. The number of nitro groups is 1. The van der Waals surface area contributed by atoms with Crippen LogP contribution in [0.4, 0.5) is 5.69 Å². The van der Waals surface area contributed by atoms with Crippen molar-refractivity contribution in [2.24, 2.45) is 5.92 Å². The Bertz CT molecular complexity index is 688. The molecule has 11 heteroatoms. The molecule has 0 saturated carbocycles. The standard InChI is InChI=1S/C17H23NO10/c19-10-7-26-12(15(22)14(10)21)5-8-6-27-17(16(23)13(8)20)28-11-4-2-1-3-9(11)18(24)25/h1-4,8,10,12-17,19-23H,5-7H2. The van der Waals surface area contributed by atoms with E-state index in [2.05, 4.69) is 0 Å². The molecule has 1 aromatic rings. The molecule has 2 heterocycles. The van der Waals surface area contributed by atoms with Gasteiger partial charge in [0.05, 0.1) is 30.3 Å². The summed E-state index contributed by atoms with van der Waals surface area (Å²) in [5, 5.41) is 61.0. The lowest BCUT2D eigenvalue weighted by molar-refractivity contribution is -0.386. The predicted octanol–water partition coefficient (Wildman–Crippen LogP) is -1.46. The maximum atomic E-state index is 11.1. The van der Waals surface area contributed by atoms with Gasteiger partial charge in [-0.3, -0.25) is 10.1 Å². The van der Waals surface area contributed by atoms with Crippen molar-refractivity contribution < 1.29 is 44.7 Å². The number of benzene rings is 1. The van der Waals surface area contributed by atoms with Gasteiger partial charge in [-0.15, -0.1) is 0 Å². The SMILES string of the molecule is O=[N+]([O-])c1ccccc1OC1OCC(CC2OCC(O)C(O)C2O)C(O)C1O. The Morgan fingerprint density at radius 1 is 1.00 bits per heavy atom. The van der Waals surface area contributed by atoms with E-state index in [-0.39, 0.29) is 31.1 Å². The Balaban J connectivity index is 1.62. The van der Waals surface area contributed by atoms with Gasteiger partial charge in [0.15, 0.2) is 5.75 Å². The smallest absolute Gasteiger partial charge is 0.311 e. The lowest BCUT2D eigenvalue weighted by atomic mass is 9.86. The zero-order valence-corrected chi connectivity index (χ0v) is 14.8. The van der Waals surface area contributed by atoms with E-state index in [0.29, 0.717) is 0 Å². The molecule has 2 aliphatic rings. The molecular formula is C17H23NO10. The van der Waals surface area contributed by atoms with E-state index in [9.17, 15) is 35.6 Å². The van der Waals surface area contributed by atoms with Gasteiger partial charge in [-0.2, -0.15) is 0 Å². The molecule has 2 fully saturated rings. The summed E-state index contributed by atoms with van der Waals surface area (Å²) in [4.78, 5) is 10.4. The predicted molar refractivity (Wildman–Crippen MR) is 91.3 cm³/mol. The van der Waals surface area contributed by atoms with Crippen molar-refractivity contribution >= 4 is 5.69 Å². The van der Waals surface area contributed by atoms with Gasteiger partial charge < -0.3 is 39.7 Å². The molecule has 8 unspecified atom stereocenters. The van der Waals surface area contributed by atoms with E-state index >= 15 is 0 Å². The van der Waals surface area contributed by atoms with Gasteiger partial charge in [0.2, 0.25) is 6.29 Å². The number of ether oxygens (including phenoxy) is 3. The highest BCUT2D eigenvalue weighted by Crippen LogP contribution is 2.32. The number of hydrogen-bond acceptors (Lipinski definition) is 10. The third kappa shape index (κ3) is 4.25. The van der Waals surface area contributed by atoms with Crippen molar-refractivity contribution in [2.75, 3.05) is 13.2 Å². The Morgan fingerprint density at radius 2 is 1.71 bits per heavy atom. The second kappa shape index (κ2) is 8.66. The lowest BCUT2D eigenvalue weighted by Crippen LogP contribution is -2.57. The van der Waals surface area contributed by atoms with Gasteiger partial charge in [0, 0.05) is 12.0 Å². The van der Waals surface area contributed by atoms with Crippen LogP contribution >= 0.6 is 0 Å². The van der Waals surface area contributed by atoms with Crippen LogP contribution in [-0.2, 0) is 9.47 Å². The van der Waals surface area contributed by atoms with Crippen molar-refractivity contribution in [1.29, 1.82) is 0 Å². The maximum absolute atomic E-state index is 11.1. The van der Waals surface area contributed by atoms with Crippen LogP contribution in [0.1, 0.15) is 6.42 Å². The van der Waals surface area contributed by atoms with Crippen LogP contribution in [-0.4, -0.2) is 86.6 Å². The highest BCUT2D eigenvalue weighted by Gasteiger charge is 2.44. The highest BCUT2D eigenvalue weighted by molar-refractivity contribution is 5.45. The monoisotopic (exact) mass is 401 g/mol. The molecule has 0 radical (unpaired) electrons. The summed E-state index contributed by atoms with van der Waals surface area (Å²) in [5.41, 5.74) is -0.304. The van der Waals surface area contributed by atoms with E-state index < -0.39 is 53.8 Å². The molecule has 2 saturated heterocycles. The minimum absolute atomic E-state index is 0.0569. The van der Waals surface area contributed by atoms with Crippen LogP contribution < -0.4 is 4.74 Å². The largest absolute Gasteiger partial charge is 0.455 e. The zero-order chi connectivity index (χ0) is 20.4. The first kappa shape index (κ1) is 20.9. The maximum Gasteiger partial charge on any atom is 0.311 e. The van der Waals surface area contributed by atoms with E-state index in [4.69, 9.17) is 14.2 Å². The molecule has 11 nitrogen and oxygen atoms in total. The fraction of sp³-hybridized carbons (Fsp3) is 0.647. The number of nitrogens with zero attached hydrogens (tertiary/aromatic N) is 1. The van der Waals surface area contributed by atoms with Gasteiger partial charge in [-0.05, 0) is 12.5 Å². The van der Waals surface area contributed by atoms with Crippen LogP contribution in [0, 0.1) is 16.0 Å². The summed E-state index contributed by atoms with van der Waals surface area (Å²) < 4.78 is 16.1. The quantitative estimate of drug-likeness (QED) is 0.290. The third-order valence-electron chi connectivity index (χ3n) is 5.03. The summed E-state index contributed by atoms with van der Waals surface area (Å²) in [5.74, 6) is -0.756. The molecule has 0 amide bonds. The summed E-state index contributed by atoms with van der Waals surface area (Å²) in [7, 11) is 0. The number of para-hydroxylation sites is 2. The van der Waals surface area contributed by atoms with Crippen LogP contribution in [0.3, 0.4) is 0 Å². The van der Waals surface area contributed by atoms with Crippen LogP contribution in [0.2, 0.25) is 0 Å². The first-order valence-corrected chi connectivity index (χ1v) is 8.83. The summed E-state index contributed by atoms with van der Waals surface area (Å²) in [6.45, 7) is -0.243. The first-order valence-electron chi connectivity index (χ1n) is 8.83. The van der Waals surface area contributed by atoms with Crippen molar-refractivity contribution in [3.05, 3.63) is 34.4 Å². The van der Waals surface area contributed by atoms with Crippen molar-refractivity contribution in [1.82, 2.24) is 0 Å². The highest BCUT2D eigenvalue weighted by atomic mass is 16.7. The average molecular weight is 401 g/mol. The number of hydrogen-bond donors (Lipinski definition) is 5. The summed E-state index contributed by atoms with van der Waals surface area (Å²) in [6.07, 6.45) is -8.88. The second-order valence-corrected chi connectivity index (χ2v) is 6.94. The van der Waals surface area contributed by atoms with Gasteiger partial charge in [-0.25, -0.2) is 0 Å². The topological polar surface area (TPSA) is 172 Å². The van der Waals surface area contributed by atoms with Gasteiger partial charge in [0.1, 0.15) is 24.4 Å². The van der Waals surface area contributed by atoms with Gasteiger partial charge in [-0.1, -0.05) is 12.1 Å². The zero-order valence-electron chi connectivity index (χ0n) is 14.8. The fourth-order valence-corrected chi connectivity index (χ4v) is 3.37. The van der Waals surface area contributed by atoms with Gasteiger partial charge >= 0.3 is 5.69 Å². The van der Waals surface area contributed by atoms with E-state index in [1.165, 1.54) is 24.3 Å². The molecule has 5 N–H and O–H groups in total.